The lowest BCUT2D eigenvalue weighted by molar-refractivity contribution is -0.130. The van der Waals surface area contributed by atoms with Crippen molar-refractivity contribution >= 4 is 11.8 Å². The molecule has 1 rings (SSSR count). The van der Waals surface area contributed by atoms with Crippen molar-refractivity contribution in [3.8, 4) is 0 Å². The molecule has 4 heteroatoms. The number of nitrogens with one attached hydrogen (secondary N) is 2. The van der Waals surface area contributed by atoms with Crippen LogP contribution < -0.4 is 10.6 Å². The Hall–Kier alpha value is -1.06. The van der Waals surface area contributed by atoms with Crippen LogP contribution in [0.5, 0.6) is 0 Å². The molecular weight excluding hydrogens is 180 g/mol. The number of hydrogen-bond acceptors (Lipinski definition) is 2. The van der Waals surface area contributed by atoms with Gasteiger partial charge in [-0.15, -0.1) is 0 Å². The van der Waals surface area contributed by atoms with Gasteiger partial charge in [-0.1, -0.05) is 0 Å². The zero-order valence-corrected chi connectivity index (χ0v) is 9.02. The molecule has 1 aliphatic carbocycles. The fraction of sp³-hybridized carbons (Fsp3) is 0.800. The predicted molar refractivity (Wildman–Crippen MR) is 53.7 cm³/mol. The molecule has 80 valence electrons. The van der Waals surface area contributed by atoms with Crippen molar-refractivity contribution in [1.29, 1.82) is 0 Å². The summed E-state index contributed by atoms with van der Waals surface area (Å²) in [6.07, 6.45) is 2.03. The van der Waals surface area contributed by atoms with Crippen LogP contribution in [0.4, 0.5) is 0 Å². The Bertz CT molecular complexity index is 239. The monoisotopic (exact) mass is 198 g/mol. The Balaban J connectivity index is 2.21. The van der Waals surface area contributed by atoms with Crippen molar-refractivity contribution in [2.24, 2.45) is 0 Å². The van der Waals surface area contributed by atoms with Crippen molar-refractivity contribution in [2.45, 2.75) is 51.6 Å². The summed E-state index contributed by atoms with van der Waals surface area (Å²) in [5.74, 6) is -0.384. The third-order valence-electron chi connectivity index (χ3n) is 1.78. The van der Waals surface area contributed by atoms with Gasteiger partial charge in [0, 0.05) is 11.6 Å². The quantitative estimate of drug-likeness (QED) is 0.651. The second kappa shape index (κ2) is 3.98. The Morgan fingerprint density at radius 2 is 1.79 bits per heavy atom. The minimum absolute atomic E-state index is 0.0617. The third-order valence-corrected chi connectivity index (χ3v) is 1.78. The molecule has 1 fully saturated rings. The summed E-state index contributed by atoms with van der Waals surface area (Å²) in [5, 5.41) is 5.51. The van der Waals surface area contributed by atoms with E-state index in [-0.39, 0.29) is 23.8 Å². The van der Waals surface area contributed by atoms with Gasteiger partial charge in [-0.2, -0.15) is 0 Å². The molecule has 2 amide bonds. The summed E-state index contributed by atoms with van der Waals surface area (Å²) in [6.45, 7) is 5.68. The van der Waals surface area contributed by atoms with Gasteiger partial charge >= 0.3 is 0 Å². The van der Waals surface area contributed by atoms with Crippen LogP contribution in [0.3, 0.4) is 0 Å². The van der Waals surface area contributed by atoms with E-state index in [1.54, 1.807) is 0 Å². The summed E-state index contributed by atoms with van der Waals surface area (Å²) in [6, 6.07) is 0.324. The lowest BCUT2D eigenvalue weighted by Crippen LogP contribution is -2.42. The first-order valence-electron chi connectivity index (χ1n) is 4.97. The summed E-state index contributed by atoms with van der Waals surface area (Å²) >= 11 is 0. The van der Waals surface area contributed by atoms with E-state index in [0.717, 1.165) is 12.8 Å². The normalized spacial score (nSPS) is 16.2. The Labute approximate surface area is 84.4 Å². The molecule has 0 aliphatic heterocycles. The minimum atomic E-state index is -0.267. The van der Waals surface area contributed by atoms with Gasteiger partial charge in [-0.25, -0.2) is 0 Å². The van der Waals surface area contributed by atoms with Gasteiger partial charge in [0.05, 0.1) is 0 Å². The number of amides is 2. The van der Waals surface area contributed by atoms with Crippen LogP contribution in [-0.4, -0.2) is 23.4 Å². The molecule has 1 saturated carbocycles. The molecule has 0 aromatic carbocycles. The van der Waals surface area contributed by atoms with Gasteiger partial charge in [0.1, 0.15) is 6.42 Å². The average Bonchev–Trinajstić information content (AvgIpc) is 2.64. The highest BCUT2D eigenvalue weighted by atomic mass is 16.2. The van der Waals surface area contributed by atoms with E-state index in [0.29, 0.717) is 6.04 Å². The van der Waals surface area contributed by atoms with Crippen LogP contribution in [0.2, 0.25) is 0 Å². The maximum absolute atomic E-state index is 11.3. The van der Waals surface area contributed by atoms with E-state index in [2.05, 4.69) is 10.6 Å². The second-order valence-corrected chi connectivity index (χ2v) is 4.82. The maximum Gasteiger partial charge on any atom is 0.229 e. The van der Waals surface area contributed by atoms with Gasteiger partial charge in [0.2, 0.25) is 11.8 Å². The van der Waals surface area contributed by atoms with Crippen LogP contribution >= 0.6 is 0 Å². The SMILES string of the molecule is CC(C)(C)NC(=O)CC(=O)NC1CC1. The van der Waals surface area contributed by atoms with E-state index in [9.17, 15) is 9.59 Å². The van der Waals surface area contributed by atoms with Crippen molar-refractivity contribution in [1.82, 2.24) is 10.6 Å². The molecular formula is C10H18N2O2. The van der Waals surface area contributed by atoms with E-state index < -0.39 is 0 Å². The van der Waals surface area contributed by atoms with Crippen molar-refractivity contribution in [3.05, 3.63) is 0 Å². The van der Waals surface area contributed by atoms with Crippen LogP contribution in [0.1, 0.15) is 40.0 Å². The molecule has 0 atom stereocenters. The molecule has 0 saturated heterocycles. The maximum atomic E-state index is 11.3. The first-order chi connectivity index (χ1) is 6.37. The molecule has 14 heavy (non-hydrogen) atoms. The molecule has 0 heterocycles. The molecule has 0 bridgehead atoms. The van der Waals surface area contributed by atoms with E-state index >= 15 is 0 Å². The van der Waals surface area contributed by atoms with Crippen LogP contribution in [-0.2, 0) is 9.59 Å². The number of hydrogen-bond donors (Lipinski definition) is 2. The lowest BCUT2D eigenvalue weighted by atomic mass is 10.1. The molecule has 0 radical (unpaired) electrons. The fourth-order valence-corrected chi connectivity index (χ4v) is 1.11. The summed E-state index contributed by atoms with van der Waals surface area (Å²) in [7, 11) is 0. The number of carbonyl (C=O) groups excluding carboxylic acids is 2. The molecule has 0 aromatic rings. The van der Waals surface area contributed by atoms with E-state index in [1.165, 1.54) is 0 Å². The van der Waals surface area contributed by atoms with Crippen LogP contribution in [0.15, 0.2) is 0 Å². The molecule has 4 nitrogen and oxygen atoms in total. The van der Waals surface area contributed by atoms with Gasteiger partial charge in [0.15, 0.2) is 0 Å². The third kappa shape index (κ3) is 4.84. The standard InChI is InChI=1S/C10H18N2O2/c1-10(2,3)12-9(14)6-8(13)11-7-4-5-7/h7H,4-6H2,1-3H3,(H,11,13)(H,12,14). The Morgan fingerprint density at radius 1 is 1.21 bits per heavy atom. The van der Waals surface area contributed by atoms with E-state index in [1.807, 2.05) is 20.8 Å². The van der Waals surface area contributed by atoms with Crippen LogP contribution in [0.25, 0.3) is 0 Å². The summed E-state index contributed by atoms with van der Waals surface area (Å²) in [5.41, 5.74) is -0.267. The first kappa shape index (κ1) is 11.0. The highest BCUT2D eigenvalue weighted by Gasteiger charge is 2.24. The minimum Gasteiger partial charge on any atom is -0.353 e. The fourth-order valence-electron chi connectivity index (χ4n) is 1.11. The van der Waals surface area contributed by atoms with E-state index in [4.69, 9.17) is 0 Å². The van der Waals surface area contributed by atoms with Gasteiger partial charge in [-0.3, -0.25) is 9.59 Å². The zero-order valence-electron chi connectivity index (χ0n) is 9.02. The first-order valence-corrected chi connectivity index (χ1v) is 4.97. The smallest absolute Gasteiger partial charge is 0.229 e. The number of carbonyl (C=O) groups is 2. The highest BCUT2D eigenvalue weighted by molar-refractivity contribution is 5.97. The van der Waals surface area contributed by atoms with Crippen molar-refractivity contribution < 1.29 is 9.59 Å². The molecule has 0 spiro atoms. The Morgan fingerprint density at radius 3 is 2.21 bits per heavy atom. The van der Waals surface area contributed by atoms with Crippen molar-refractivity contribution in [2.75, 3.05) is 0 Å². The van der Waals surface area contributed by atoms with Gasteiger partial charge < -0.3 is 10.6 Å². The molecule has 0 unspecified atom stereocenters. The second-order valence-electron chi connectivity index (χ2n) is 4.82. The molecule has 0 aromatic heterocycles. The topological polar surface area (TPSA) is 58.2 Å². The van der Waals surface area contributed by atoms with Gasteiger partial charge in [-0.05, 0) is 33.6 Å². The number of rotatable bonds is 3. The average molecular weight is 198 g/mol. The lowest BCUT2D eigenvalue weighted by Gasteiger charge is -2.20. The summed E-state index contributed by atoms with van der Waals surface area (Å²) < 4.78 is 0. The zero-order chi connectivity index (χ0) is 10.8. The van der Waals surface area contributed by atoms with Crippen molar-refractivity contribution in [3.63, 3.8) is 0 Å². The van der Waals surface area contributed by atoms with Gasteiger partial charge in [0.25, 0.3) is 0 Å². The van der Waals surface area contributed by atoms with Crippen LogP contribution in [0, 0.1) is 0 Å². The largest absolute Gasteiger partial charge is 0.353 e. The summed E-state index contributed by atoms with van der Waals surface area (Å²) in [4.78, 5) is 22.5. The molecule has 1 aliphatic rings. The Kier molecular flexibility index (Phi) is 3.13. The molecule has 2 N–H and O–H groups in total. The predicted octanol–water partition coefficient (Wildman–Crippen LogP) is 0.570. The highest BCUT2D eigenvalue weighted by Crippen LogP contribution is 2.18.